The predicted octanol–water partition coefficient (Wildman–Crippen LogP) is 4.08. The largest absolute Gasteiger partial charge is 0.497 e. The highest BCUT2D eigenvalue weighted by molar-refractivity contribution is 6.30. The van der Waals surface area contributed by atoms with E-state index >= 15 is 0 Å². The van der Waals surface area contributed by atoms with Crippen molar-refractivity contribution < 1.29 is 9.47 Å². The highest BCUT2D eigenvalue weighted by Crippen LogP contribution is 2.32. The normalized spacial score (nSPS) is 22.9. The molecule has 2 atom stereocenters. The van der Waals surface area contributed by atoms with Crippen molar-refractivity contribution in [3.05, 3.63) is 53.6 Å². The van der Waals surface area contributed by atoms with Crippen LogP contribution in [0.5, 0.6) is 11.5 Å². The Balaban J connectivity index is 1.47. The Hall–Kier alpha value is -1.91. The standard InChI is InChI=1S/C21H25ClN2O2/c1-25-18-10-6-17(7-11-18)24-15-21(20(24)14-23-12-2-3-13-23)26-19-8-4-16(22)5-9-19/h4-11,20-21H,2-3,12-15H2,1H3/t20-,21-/m1/s1. The Bertz CT molecular complexity index is 714. The maximum absolute atomic E-state index is 6.27. The number of anilines is 1. The van der Waals surface area contributed by atoms with Gasteiger partial charge >= 0.3 is 0 Å². The molecule has 0 radical (unpaired) electrons. The van der Waals surface area contributed by atoms with Gasteiger partial charge in [0.25, 0.3) is 0 Å². The van der Waals surface area contributed by atoms with E-state index in [-0.39, 0.29) is 6.10 Å². The van der Waals surface area contributed by atoms with E-state index < -0.39 is 0 Å². The van der Waals surface area contributed by atoms with Gasteiger partial charge in [-0.1, -0.05) is 11.6 Å². The summed E-state index contributed by atoms with van der Waals surface area (Å²) in [7, 11) is 1.70. The summed E-state index contributed by atoms with van der Waals surface area (Å²) in [6, 6.07) is 16.3. The minimum atomic E-state index is 0.193. The Morgan fingerprint density at radius 2 is 1.62 bits per heavy atom. The second kappa shape index (κ2) is 7.77. The zero-order valence-corrected chi connectivity index (χ0v) is 15.9. The third-order valence-corrected chi connectivity index (χ3v) is 5.61. The topological polar surface area (TPSA) is 24.9 Å². The van der Waals surface area contributed by atoms with Gasteiger partial charge in [0.05, 0.1) is 19.7 Å². The molecule has 0 aliphatic carbocycles. The SMILES string of the molecule is COc1ccc(N2C[C@@H](Oc3ccc(Cl)cc3)[C@H]2CN2CCCC2)cc1. The van der Waals surface area contributed by atoms with Gasteiger partial charge in [0, 0.05) is 17.3 Å². The zero-order chi connectivity index (χ0) is 17.9. The molecule has 4 rings (SSSR count). The van der Waals surface area contributed by atoms with Crippen LogP contribution in [-0.4, -0.2) is 50.3 Å². The number of likely N-dealkylation sites (tertiary alicyclic amines) is 1. The van der Waals surface area contributed by atoms with Crippen LogP contribution in [-0.2, 0) is 0 Å². The molecule has 0 bridgehead atoms. The molecule has 4 nitrogen and oxygen atoms in total. The number of methoxy groups -OCH3 is 1. The molecule has 26 heavy (non-hydrogen) atoms. The van der Waals surface area contributed by atoms with E-state index in [0.29, 0.717) is 6.04 Å². The fourth-order valence-corrected chi connectivity index (χ4v) is 3.96. The van der Waals surface area contributed by atoms with E-state index in [0.717, 1.165) is 29.6 Å². The summed E-state index contributed by atoms with van der Waals surface area (Å²) in [4.78, 5) is 5.00. The molecule has 0 amide bonds. The summed E-state index contributed by atoms with van der Waals surface area (Å²) in [6.07, 6.45) is 2.80. The highest BCUT2D eigenvalue weighted by atomic mass is 35.5. The third kappa shape index (κ3) is 3.76. The van der Waals surface area contributed by atoms with Crippen LogP contribution in [0.1, 0.15) is 12.8 Å². The quantitative estimate of drug-likeness (QED) is 0.762. The van der Waals surface area contributed by atoms with E-state index in [1.165, 1.54) is 31.6 Å². The summed E-state index contributed by atoms with van der Waals surface area (Å²) in [5.41, 5.74) is 1.23. The molecule has 0 spiro atoms. The minimum Gasteiger partial charge on any atom is -0.497 e. The number of nitrogens with zero attached hydrogens (tertiary/aromatic N) is 2. The maximum Gasteiger partial charge on any atom is 0.138 e. The second-order valence-electron chi connectivity index (χ2n) is 7.04. The van der Waals surface area contributed by atoms with Crippen molar-refractivity contribution >= 4 is 17.3 Å². The fraction of sp³-hybridized carbons (Fsp3) is 0.429. The van der Waals surface area contributed by atoms with Gasteiger partial charge in [0.1, 0.15) is 17.6 Å². The number of rotatable bonds is 6. The molecule has 2 aromatic rings. The maximum atomic E-state index is 6.27. The lowest BCUT2D eigenvalue weighted by Crippen LogP contribution is -2.66. The van der Waals surface area contributed by atoms with Crippen LogP contribution in [0.25, 0.3) is 0 Å². The molecule has 2 aromatic carbocycles. The van der Waals surface area contributed by atoms with Crippen molar-refractivity contribution in [2.75, 3.05) is 38.2 Å². The van der Waals surface area contributed by atoms with Crippen molar-refractivity contribution in [2.45, 2.75) is 25.0 Å². The highest BCUT2D eigenvalue weighted by Gasteiger charge is 2.42. The van der Waals surface area contributed by atoms with Crippen molar-refractivity contribution in [3.8, 4) is 11.5 Å². The van der Waals surface area contributed by atoms with E-state index in [4.69, 9.17) is 21.1 Å². The molecule has 0 aromatic heterocycles. The fourth-order valence-electron chi connectivity index (χ4n) is 3.83. The molecule has 2 aliphatic rings. The van der Waals surface area contributed by atoms with E-state index in [9.17, 15) is 0 Å². The van der Waals surface area contributed by atoms with Crippen LogP contribution < -0.4 is 14.4 Å². The molecular formula is C21H25ClN2O2. The van der Waals surface area contributed by atoms with Crippen LogP contribution in [0.2, 0.25) is 5.02 Å². The monoisotopic (exact) mass is 372 g/mol. The van der Waals surface area contributed by atoms with E-state index in [1.807, 2.05) is 36.4 Å². The average Bonchev–Trinajstić information content (AvgIpc) is 3.18. The van der Waals surface area contributed by atoms with Crippen LogP contribution in [0, 0.1) is 0 Å². The van der Waals surface area contributed by atoms with Crippen molar-refractivity contribution in [1.29, 1.82) is 0 Å². The van der Waals surface area contributed by atoms with Gasteiger partial charge in [0.2, 0.25) is 0 Å². The molecule has 2 fully saturated rings. The van der Waals surface area contributed by atoms with Gasteiger partial charge in [-0.25, -0.2) is 0 Å². The third-order valence-electron chi connectivity index (χ3n) is 5.36. The van der Waals surface area contributed by atoms with Gasteiger partial charge in [-0.05, 0) is 74.5 Å². The average molecular weight is 373 g/mol. The number of ether oxygens (including phenoxy) is 2. The summed E-state index contributed by atoms with van der Waals surface area (Å²) in [5.74, 6) is 1.78. The van der Waals surface area contributed by atoms with E-state index in [1.54, 1.807) is 7.11 Å². The van der Waals surface area contributed by atoms with E-state index in [2.05, 4.69) is 21.9 Å². The van der Waals surface area contributed by atoms with Crippen molar-refractivity contribution in [3.63, 3.8) is 0 Å². The molecule has 0 N–H and O–H groups in total. The summed E-state index contributed by atoms with van der Waals surface area (Å²) in [6.45, 7) is 4.33. The molecule has 2 heterocycles. The smallest absolute Gasteiger partial charge is 0.138 e. The van der Waals surface area contributed by atoms with Crippen molar-refractivity contribution in [2.24, 2.45) is 0 Å². The Morgan fingerprint density at radius 3 is 2.27 bits per heavy atom. The summed E-state index contributed by atoms with van der Waals surface area (Å²) < 4.78 is 11.6. The zero-order valence-electron chi connectivity index (χ0n) is 15.1. The molecular weight excluding hydrogens is 348 g/mol. The Labute approximate surface area is 160 Å². The molecule has 138 valence electrons. The Kier molecular flexibility index (Phi) is 5.23. The lowest BCUT2D eigenvalue weighted by molar-refractivity contribution is 0.0939. The first-order valence-electron chi connectivity index (χ1n) is 9.28. The van der Waals surface area contributed by atoms with Gasteiger partial charge in [-0.3, -0.25) is 0 Å². The number of benzene rings is 2. The number of hydrogen-bond acceptors (Lipinski definition) is 4. The Morgan fingerprint density at radius 1 is 0.962 bits per heavy atom. The van der Waals surface area contributed by atoms with Crippen LogP contribution >= 0.6 is 11.6 Å². The van der Waals surface area contributed by atoms with Gasteiger partial charge in [0.15, 0.2) is 0 Å². The molecule has 0 unspecified atom stereocenters. The summed E-state index contributed by atoms with van der Waals surface area (Å²) in [5, 5.41) is 0.736. The molecule has 2 saturated heterocycles. The number of halogens is 1. The second-order valence-corrected chi connectivity index (χ2v) is 7.47. The first-order valence-corrected chi connectivity index (χ1v) is 9.66. The van der Waals surface area contributed by atoms with Crippen LogP contribution in [0.4, 0.5) is 5.69 Å². The summed E-state index contributed by atoms with van der Waals surface area (Å²) >= 11 is 5.99. The lowest BCUT2D eigenvalue weighted by Gasteiger charge is -2.50. The van der Waals surface area contributed by atoms with Gasteiger partial charge < -0.3 is 19.3 Å². The lowest BCUT2D eigenvalue weighted by atomic mass is 9.97. The molecule has 2 aliphatic heterocycles. The predicted molar refractivity (Wildman–Crippen MR) is 106 cm³/mol. The molecule has 5 heteroatoms. The molecule has 0 saturated carbocycles. The van der Waals surface area contributed by atoms with Crippen molar-refractivity contribution in [1.82, 2.24) is 4.90 Å². The van der Waals surface area contributed by atoms with Crippen LogP contribution in [0.3, 0.4) is 0 Å². The van der Waals surface area contributed by atoms with Gasteiger partial charge in [-0.2, -0.15) is 0 Å². The minimum absolute atomic E-state index is 0.193. The number of hydrogen-bond donors (Lipinski definition) is 0. The first kappa shape index (κ1) is 17.5. The van der Waals surface area contributed by atoms with Crippen LogP contribution in [0.15, 0.2) is 48.5 Å². The first-order chi connectivity index (χ1) is 12.7. The van der Waals surface area contributed by atoms with Gasteiger partial charge in [-0.15, -0.1) is 0 Å².